The average molecular weight is 507 g/mol. The summed E-state index contributed by atoms with van der Waals surface area (Å²) < 4.78 is 6.67. The summed E-state index contributed by atoms with van der Waals surface area (Å²) in [5.74, 6) is 0.519. The van der Waals surface area contributed by atoms with Gasteiger partial charge in [-0.3, -0.25) is 14.2 Å². The van der Waals surface area contributed by atoms with Crippen molar-refractivity contribution < 1.29 is 14.3 Å². The third-order valence-corrected chi connectivity index (χ3v) is 6.29. The quantitative estimate of drug-likeness (QED) is 0.302. The molecule has 0 radical (unpaired) electrons. The van der Waals surface area contributed by atoms with E-state index in [-0.39, 0.29) is 31.9 Å². The molecule has 10 heteroatoms. The van der Waals surface area contributed by atoms with Crippen molar-refractivity contribution in [2.24, 2.45) is 0 Å². The Labute approximate surface area is 206 Å². The molecule has 1 amide bonds. The lowest BCUT2D eigenvalue weighted by molar-refractivity contribution is -0.144. The molecule has 0 aliphatic carbocycles. The number of esters is 1. The number of ether oxygens (including phenoxy) is 1. The van der Waals surface area contributed by atoms with Crippen molar-refractivity contribution in [3.63, 3.8) is 0 Å². The number of hydrogen-bond donors (Lipinski definition) is 1. The number of amides is 1. The van der Waals surface area contributed by atoms with E-state index in [1.807, 2.05) is 16.7 Å². The Hall–Kier alpha value is -2.55. The zero-order valence-electron chi connectivity index (χ0n) is 18.3. The van der Waals surface area contributed by atoms with Crippen LogP contribution in [0.2, 0.25) is 10.0 Å². The van der Waals surface area contributed by atoms with E-state index in [1.165, 1.54) is 22.9 Å². The van der Waals surface area contributed by atoms with Gasteiger partial charge < -0.3 is 10.1 Å². The number of nitrogens with zero attached hydrogens (tertiary/aromatic N) is 3. The number of carbonyl (C=O) groups excluding carboxylic acids is 2. The van der Waals surface area contributed by atoms with E-state index in [0.717, 1.165) is 0 Å². The number of thioether (sulfide) groups is 1. The standard InChI is InChI=1S/C23H24Cl2N4O3S/c1-3-32-22(31)11-10-21(30)26-13-20-27-28-23(33-14-16-7-5-4-6-15(16)2)29(20)19-9-8-17(24)12-18(19)25/h4-9,12H,3,10-11,13-14H2,1-2H3,(H,26,30). The number of aryl methyl sites for hydroxylation is 1. The van der Waals surface area contributed by atoms with Crippen molar-refractivity contribution in [3.8, 4) is 5.69 Å². The molecule has 0 fully saturated rings. The normalized spacial score (nSPS) is 10.8. The maximum absolute atomic E-state index is 12.2. The van der Waals surface area contributed by atoms with Gasteiger partial charge in [-0.2, -0.15) is 0 Å². The number of halogens is 2. The second-order valence-corrected chi connectivity index (χ2v) is 8.91. The number of rotatable bonds is 10. The van der Waals surface area contributed by atoms with Gasteiger partial charge in [0.1, 0.15) is 0 Å². The van der Waals surface area contributed by atoms with E-state index in [0.29, 0.717) is 32.5 Å². The van der Waals surface area contributed by atoms with Crippen LogP contribution in [0.1, 0.15) is 36.7 Å². The van der Waals surface area contributed by atoms with Crippen LogP contribution < -0.4 is 5.32 Å². The van der Waals surface area contributed by atoms with Crippen LogP contribution in [-0.4, -0.2) is 33.2 Å². The third-order valence-electron chi connectivity index (χ3n) is 4.77. The molecule has 1 N–H and O–H groups in total. The Bertz CT molecular complexity index is 1140. The van der Waals surface area contributed by atoms with Crippen molar-refractivity contribution >= 4 is 46.8 Å². The average Bonchev–Trinajstić information content (AvgIpc) is 3.18. The molecular formula is C23H24Cl2N4O3S. The fourth-order valence-corrected chi connectivity index (χ4v) is 4.57. The van der Waals surface area contributed by atoms with Gasteiger partial charge in [-0.05, 0) is 43.2 Å². The lowest BCUT2D eigenvalue weighted by Crippen LogP contribution is -2.25. The van der Waals surface area contributed by atoms with Gasteiger partial charge in [0, 0.05) is 17.2 Å². The fraction of sp³-hybridized carbons (Fsp3) is 0.304. The Kier molecular flexibility index (Phi) is 9.17. The van der Waals surface area contributed by atoms with E-state index in [4.69, 9.17) is 27.9 Å². The van der Waals surface area contributed by atoms with E-state index in [1.54, 1.807) is 25.1 Å². The monoisotopic (exact) mass is 506 g/mol. The minimum absolute atomic E-state index is 0.0207. The molecule has 1 heterocycles. The first-order chi connectivity index (χ1) is 15.9. The second kappa shape index (κ2) is 12.1. The van der Waals surface area contributed by atoms with Crippen LogP contribution in [0.4, 0.5) is 0 Å². The van der Waals surface area contributed by atoms with Crippen LogP contribution in [-0.2, 0) is 26.6 Å². The Morgan fingerprint density at radius 3 is 2.64 bits per heavy atom. The molecular weight excluding hydrogens is 483 g/mol. The number of nitrogens with one attached hydrogen (secondary N) is 1. The zero-order chi connectivity index (χ0) is 23.8. The SMILES string of the molecule is CCOC(=O)CCC(=O)NCc1nnc(SCc2ccccc2C)n1-c1ccc(Cl)cc1Cl. The summed E-state index contributed by atoms with van der Waals surface area (Å²) >= 11 is 14.1. The van der Waals surface area contributed by atoms with Crippen molar-refractivity contribution in [3.05, 3.63) is 69.5 Å². The van der Waals surface area contributed by atoms with Gasteiger partial charge in [0.25, 0.3) is 0 Å². The number of aromatic nitrogens is 3. The predicted molar refractivity (Wildman–Crippen MR) is 130 cm³/mol. The summed E-state index contributed by atoms with van der Waals surface area (Å²) in [6, 6.07) is 13.3. The van der Waals surface area contributed by atoms with Gasteiger partial charge in [0.2, 0.25) is 5.91 Å². The highest BCUT2D eigenvalue weighted by Gasteiger charge is 2.18. The summed E-state index contributed by atoms with van der Waals surface area (Å²) in [6.45, 7) is 4.20. The highest BCUT2D eigenvalue weighted by Crippen LogP contribution is 2.31. The summed E-state index contributed by atoms with van der Waals surface area (Å²) in [4.78, 5) is 23.7. The first-order valence-electron chi connectivity index (χ1n) is 10.4. The summed E-state index contributed by atoms with van der Waals surface area (Å²) in [5, 5.41) is 13.0. The van der Waals surface area contributed by atoms with Crippen LogP contribution in [0.3, 0.4) is 0 Å². The molecule has 1 aromatic heterocycles. The third kappa shape index (κ3) is 6.96. The van der Waals surface area contributed by atoms with Crippen molar-refractivity contribution in [1.82, 2.24) is 20.1 Å². The van der Waals surface area contributed by atoms with Crippen LogP contribution >= 0.6 is 35.0 Å². The number of carbonyl (C=O) groups is 2. The minimum atomic E-state index is -0.404. The molecule has 0 spiro atoms. The Morgan fingerprint density at radius 1 is 1.12 bits per heavy atom. The molecule has 0 bridgehead atoms. The van der Waals surface area contributed by atoms with Crippen molar-refractivity contribution in [1.29, 1.82) is 0 Å². The lowest BCUT2D eigenvalue weighted by atomic mass is 10.1. The molecule has 174 valence electrons. The maximum atomic E-state index is 12.2. The van der Waals surface area contributed by atoms with Gasteiger partial charge in [0.15, 0.2) is 11.0 Å². The van der Waals surface area contributed by atoms with Gasteiger partial charge in [-0.15, -0.1) is 10.2 Å². The molecule has 3 rings (SSSR count). The lowest BCUT2D eigenvalue weighted by Gasteiger charge is -2.13. The van der Waals surface area contributed by atoms with Crippen molar-refractivity contribution in [2.45, 2.75) is 44.1 Å². The van der Waals surface area contributed by atoms with Crippen LogP contribution in [0.5, 0.6) is 0 Å². The first kappa shape index (κ1) is 25.1. The number of benzene rings is 2. The maximum Gasteiger partial charge on any atom is 0.306 e. The van der Waals surface area contributed by atoms with Gasteiger partial charge in [0.05, 0.1) is 30.3 Å². The van der Waals surface area contributed by atoms with Crippen LogP contribution in [0, 0.1) is 6.92 Å². The minimum Gasteiger partial charge on any atom is -0.466 e. The fourth-order valence-electron chi connectivity index (χ4n) is 3.04. The highest BCUT2D eigenvalue weighted by atomic mass is 35.5. The molecule has 2 aromatic carbocycles. The largest absolute Gasteiger partial charge is 0.466 e. The number of hydrogen-bond acceptors (Lipinski definition) is 6. The van der Waals surface area contributed by atoms with E-state index in [9.17, 15) is 9.59 Å². The molecule has 0 saturated heterocycles. The van der Waals surface area contributed by atoms with Crippen LogP contribution in [0.25, 0.3) is 5.69 Å². The zero-order valence-corrected chi connectivity index (χ0v) is 20.6. The molecule has 3 aromatic rings. The second-order valence-electron chi connectivity index (χ2n) is 7.13. The van der Waals surface area contributed by atoms with Gasteiger partial charge >= 0.3 is 5.97 Å². The topological polar surface area (TPSA) is 86.1 Å². The van der Waals surface area contributed by atoms with Crippen LogP contribution in [0.15, 0.2) is 47.6 Å². The van der Waals surface area contributed by atoms with E-state index in [2.05, 4.69) is 34.6 Å². The molecule has 0 unspecified atom stereocenters. The molecule has 0 saturated carbocycles. The molecule has 7 nitrogen and oxygen atoms in total. The van der Waals surface area contributed by atoms with Gasteiger partial charge in [-0.25, -0.2) is 0 Å². The summed E-state index contributed by atoms with van der Waals surface area (Å²) in [7, 11) is 0. The molecule has 0 aliphatic heterocycles. The molecule has 0 atom stereocenters. The summed E-state index contributed by atoms with van der Waals surface area (Å²) in [5.41, 5.74) is 3.04. The smallest absolute Gasteiger partial charge is 0.306 e. The Morgan fingerprint density at radius 2 is 1.91 bits per heavy atom. The van der Waals surface area contributed by atoms with Crippen molar-refractivity contribution in [2.75, 3.05) is 6.61 Å². The van der Waals surface area contributed by atoms with Gasteiger partial charge in [-0.1, -0.05) is 59.2 Å². The van der Waals surface area contributed by atoms with E-state index < -0.39 is 5.97 Å². The van der Waals surface area contributed by atoms with E-state index >= 15 is 0 Å². The predicted octanol–water partition coefficient (Wildman–Crippen LogP) is 5.13. The molecule has 0 aliphatic rings. The first-order valence-corrected chi connectivity index (χ1v) is 12.1. The highest BCUT2D eigenvalue weighted by molar-refractivity contribution is 7.98. The molecule has 33 heavy (non-hydrogen) atoms. The summed E-state index contributed by atoms with van der Waals surface area (Å²) in [6.07, 6.45) is 0.0521. The Balaban J connectivity index is 1.79.